The Bertz CT molecular complexity index is 193. The Morgan fingerprint density at radius 1 is 1.06 bits per heavy atom. The monoisotopic (exact) mass is 240 g/mol. The van der Waals surface area contributed by atoms with Gasteiger partial charge in [-0.05, 0) is 50.6 Å². The highest BCUT2D eigenvalue weighted by Gasteiger charge is 2.23. The molecular formula is C15H32N2. The third-order valence-electron chi connectivity index (χ3n) is 4.45. The summed E-state index contributed by atoms with van der Waals surface area (Å²) >= 11 is 0. The lowest BCUT2D eigenvalue weighted by atomic mass is 9.79. The zero-order valence-electron chi connectivity index (χ0n) is 12.3. The minimum absolute atomic E-state index is 0.779. The van der Waals surface area contributed by atoms with Crippen LogP contribution in [0.15, 0.2) is 0 Å². The maximum absolute atomic E-state index is 3.75. The first kappa shape index (κ1) is 15.0. The van der Waals surface area contributed by atoms with E-state index in [-0.39, 0.29) is 0 Å². The summed E-state index contributed by atoms with van der Waals surface area (Å²) in [7, 11) is 0. The van der Waals surface area contributed by atoms with Gasteiger partial charge < -0.3 is 10.2 Å². The van der Waals surface area contributed by atoms with Crippen LogP contribution in [0.3, 0.4) is 0 Å². The fourth-order valence-electron chi connectivity index (χ4n) is 2.90. The lowest BCUT2D eigenvalue weighted by molar-refractivity contribution is 0.216. The minimum atomic E-state index is 0.779. The van der Waals surface area contributed by atoms with Crippen molar-refractivity contribution in [1.29, 1.82) is 0 Å². The molecule has 0 aromatic carbocycles. The van der Waals surface area contributed by atoms with Crippen molar-refractivity contribution in [1.82, 2.24) is 10.2 Å². The molecule has 2 heteroatoms. The average molecular weight is 240 g/mol. The maximum atomic E-state index is 3.75. The molecule has 1 aliphatic carbocycles. The van der Waals surface area contributed by atoms with Crippen molar-refractivity contribution in [3.05, 3.63) is 0 Å². The van der Waals surface area contributed by atoms with Gasteiger partial charge in [0.15, 0.2) is 0 Å². The van der Waals surface area contributed by atoms with Crippen LogP contribution < -0.4 is 5.32 Å². The van der Waals surface area contributed by atoms with Gasteiger partial charge in [-0.2, -0.15) is 0 Å². The molecule has 0 spiro atoms. The standard InChI is InChI=1S/C15H32N2/c1-5-10-17(6-2)11-9-16-15-8-7-13(3)14(4)12-15/h13-16H,5-12H2,1-4H3. The molecule has 1 fully saturated rings. The van der Waals surface area contributed by atoms with Gasteiger partial charge in [-0.1, -0.05) is 27.7 Å². The topological polar surface area (TPSA) is 15.3 Å². The summed E-state index contributed by atoms with van der Waals surface area (Å²) < 4.78 is 0. The summed E-state index contributed by atoms with van der Waals surface area (Å²) in [5.41, 5.74) is 0. The number of nitrogens with one attached hydrogen (secondary N) is 1. The molecule has 0 aliphatic heterocycles. The highest BCUT2D eigenvalue weighted by molar-refractivity contribution is 4.79. The van der Waals surface area contributed by atoms with E-state index in [9.17, 15) is 0 Å². The van der Waals surface area contributed by atoms with Crippen LogP contribution in [0.2, 0.25) is 0 Å². The third kappa shape index (κ3) is 5.39. The third-order valence-corrected chi connectivity index (χ3v) is 4.45. The van der Waals surface area contributed by atoms with Gasteiger partial charge in [-0.15, -0.1) is 0 Å². The van der Waals surface area contributed by atoms with Crippen LogP contribution in [0.5, 0.6) is 0 Å². The summed E-state index contributed by atoms with van der Waals surface area (Å²) in [6.07, 6.45) is 5.43. The Morgan fingerprint density at radius 2 is 1.82 bits per heavy atom. The van der Waals surface area contributed by atoms with Gasteiger partial charge in [0, 0.05) is 19.1 Å². The molecule has 3 unspecified atom stereocenters. The first-order valence-corrected chi connectivity index (χ1v) is 7.63. The normalized spacial score (nSPS) is 29.8. The van der Waals surface area contributed by atoms with Gasteiger partial charge in [-0.25, -0.2) is 0 Å². The van der Waals surface area contributed by atoms with Crippen LogP contribution >= 0.6 is 0 Å². The quantitative estimate of drug-likeness (QED) is 0.735. The number of rotatable bonds is 7. The molecule has 1 saturated carbocycles. The Morgan fingerprint density at radius 3 is 2.41 bits per heavy atom. The fraction of sp³-hybridized carbons (Fsp3) is 1.00. The van der Waals surface area contributed by atoms with Crippen molar-refractivity contribution >= 4 is 0 Å². The highest BCUT2D eigenvalue weighted by atomic mass is 15.1. The second-order valence-corrected chi connectivity index (χ2v) is 5.85. The van der Waals surface area contributed by atoms with E-state index in [1.54, 1.807) is 0 Å². The zero-order chi connectivity index (χ0) is 12.7. The Hall–Kier alpha value is -0.0800. The van der Waals surface area contributed by atoms with Crippen molar-refractivity contribution in [3.63, 3.8) is 0 Å². The van der Waals surface area contributed by atoms with Gasteiger partial charge in [0.1, 0.15) is 0 Å². The number of nitrogens with zero attached hydrogens (tertiary/aromatic N) is 1. The molecule has 0 bridgehead atoms. The molecule has 17 heavy (non-hydrogen) atoms. The maximum Gasteiger partial charge on any atom is 0.0107 e. The molecule has 1 N–H and O–H groups in total. The Kier molecular flexibility index (Phi) is 7.14. The molecule has 1 aliphatic rings. The van der Waals surface area contributed by atoms with Crippen molar-refractivity contribution in [2.75, 3.05) is 26.2 Å². The molecule has 102 valence electrons. The summed E-state index contributed by atoms with van der Waals surface area (Å²) in [6, 6.07) is 0.779. The van der Waals surface area contributed by atoms with Gasteiger partial charge in [-0.3, -0.25) is 0 Å². The molecule has 0 aromatic rings. The van der Waals surface area contributed by atoms with Crippen molar-refractivity contribution < 1.29 is 0 Å². The van der Waals surface area contributed by atoms with E-state index in [0.717, 1.165) is 17.9 Å². The van der Waals surface area contributed by atoms with Crippen LogP contribution in [-0.4, -0.2) is 37.1 Å². The van der Waals surface area contributed by atoms with Crippen LogP contribution in [-0.2, 0) is 0 Å². The van der Waals surface area contributed by atoms with E-state index in [0.29, 0.717) is 0 Å². The van der Waals surface area contributed by atoms with Crippen LogP contribution in [0.25, 0.3) is 0 Å². The molecule has 0 heterocycles. The van der Waals surface area contributed by atoms with E-state index < -0.39 is 0 Å². The van der Waals surface area contributed by atoms with Crippen molar-refractivity contribution in [2.24, 2.45) is 11.8 Å². The molecule has 0 radical (unpaired) electrons. The summed E-state index contributed by atoms with van der Waals surface area (Å²) in [6.45, 7) is 14.2. The second-order valence-electron chi connectivity index (χ2n) is 5.85. The lowest BCUT2D eigenvalue weighted by Crippen LogP contribution is -2.40. The van der Waals surface area contributed by atoms with E-state index >= 15 is 0 Å². The first-order valence-electron chi connectivity index (χ1n) is 7.63. The van der Waals surface area contributed by atoms with E-state index in [1.807, 2.05) is 0 Å². The Balaban J connectivity index is 2.14. The minimum Gasteiger partial charge on any atom is -0.313 e. The summed E-state index contributed by atoms with van der Waals surface area (Å²) in [5.74, 6) is 1.83. The fourth-order valence-corrected chi connectivity index (χ4v) is 2.90. The molecule has 0 amide bonds. The predicted molar refractivity (Wildman–Crippen MR) is 76.4 cm³/mol. The van der Waals surface area contributed by atoms with Crippen LogP contribution in [0.4, 0.5) is 0 Å². The van der Waals surface area contributed by atoms with E-state index in [1.165, 1.54) is 51.9 Å². The Labute approximate surface area is 108 Å². The smallest absolute Gasteiger partial charge is 0.0107 e. The van der Waals surface area contributed by atoms with Gasteiger partial charge in [0.05, 0.1) is 0 Å². The van der Waals surface area contributed by atoms with Gasteiger partial charge in [0.2, 0.25) is 0 Å². The molecule has 0 aromatic heterocycles. The molecule has 0 saturated heterocycles. The average Bonchev–Trinajstić information content (AvgIpc) is 2.32. The molecule has 2 nitrogen and oxygen atoms in total. The SMILES string of the molecule is CCCN(CC)CCNC1CCC(C)C(C)C1. The van der Waals surface area contributed by atoms with Crippen molar-refractivity contribution in [2.45, 2.75) is 59.4 Å². The predicted octanol–water partition coefficient (Wildman–Crippen LogP) is 3.13. The number of hydrogen-bond donors (Lipinski definition) is 1. The molecule has 3 atom stereocenters. The lowest BCUT2D eigenvalue weighted by Gasteiger charge is -2.33. The van der Waals surface area contributed by atoms with Crippen LogP contribution in [0, 0.1) is 11.8 Å². The number of likely N-dealkylation sites (N-methyl/N-ethyl adjacent to an activating group) is 1. The van der Waals surface area contributed by atoms with E-state index in [4.69, 9.17) is 0 Å². The molecular weight excluding hydrogens is 208 g/mol. The van der Waals surface area contributed by atoms with Crippen LogP contribution in [0.1, 0.15) is 53.4 Å². The van der Waals surface area contributed by atoms with Gasteiger partial charge >= 0.3 is 0 Å². The highest BCUT2D eigenvalue weighted by Crippen LogP contribution is 2.29. The second kappa shape index (κ2) is 8.10. The van der Waals surface area contributed by atoms with Gasteiger partial charge in [0.25, 0.3) is 0 Å². The van der Waals surface area contributed by atoms with E-state index in [2.05, 4.69) is 37.9 Å². The summed E-state index contributed by atoms with van der Waals surface area (Å²) in [4.78, 5) is 2.54. The number of hydrogen-bond acceptors (Lipinski definition) is 2. The zero-order valence-corrected chi connectivity index (χ0v) is 12.3. The summed E-state index contributed by atoms with van der Waals surface area (Å²) in [5, 5.41) is 3.75. The van der Waals surface area contributed by atoms with Crippen molar-refractivity contribution in [3.8, 4) is 0 Å². The molecule has 1 rings (SSSR count). The first-order chi connectivity index (χ1) is 8.17. The largest absolute Gasteiger partial charge is 0.313 e.